The van der Waals surface area contributed by atoms with Crippen LogP contribution in [0.4, 0.5) is 0 Å². The molecule has 4 rings (SSSR count). The van der Waals surface area contributed by atoms with E-state index in [0.717, 1.165) is 45.7 Å². The summed E-state index contributed by atoms with van der Waals surface area (Å²) < 4.78 is 5.42. The van der Waals surface area contributed by atoms with Gasteiger partial charge in [-0.3, -0.25) is 9.69 Å². The molecule has 2 unspecified atom stereocenters. The van der Waals surface area contributed by atoms with Gasteiger partial charge in [0.2, 0.25) is 5.91 Å². The molecule has 7 heteroatoms. The van der Waals surface area contributed by atoms with E-state index in [2.05, 4.69) is 34.5 Å². The number of nitrogens with two attached hydrogens (primary N) is 1. The first kappa shape index (κ1) is 24.4. The number of fused-ring (bicyclic) bond motifs is 2. The molecule has 0 radical (unpaired) electrons. The van der Waals surface area contributed by atoms with Gasteiger partial charge in [0.1, 0.15) is 0 Å². The highest BCUT2D eigenvalue weighted by Crippen LogP contribution is 2.41. The summed E-state index contributed by atoms with van der Waals surface area (Å²) in [7, 11) is 0. The normalized spacial score (nSPS) is 29.3. The zero-order valence-electron chi connectivity index (χ0n) is 17.1. The van der Waals surface area contributed by atoms with Crippen molar-refractivity contribution in [2.24, 2.45) is 23.5 Å². The maximum Gasteiger partial charge on any atom is 0.223 e. The van der Waals surface area contributed by atoms with Gasteiger partial charge in [-0.25, -0.2) is 0 Å². The Kier molecular flexibility index (Phi) is 9.70. The number of carbonyl (C=O) groups excluding carboxylic acids is 1. The fraction of sp³-hybridized carbons (Fsp3) is 0.682. The molecule has 29 heavy (non-hydrogen) atoms. The summed E-state index contributed by atoms with van der Waals surface area (Å²) in [6, 6.07) is 8.92. The summed E-state index contributed by atoms with van der Waals surface area (Å²) in [6.45, 7) is 5.20. The Balaban J connectivity index is 0.00000150. The lowest BCUT2D eigenvalue weighted by atomic mass is 9.65. The van der Waals surface area contributed by atoms with Gasteiger partial charge < -0.3 is 15.8 Å². The molecule has 1 aliphatic heterocycles. The minimum atomic E-state index is 0. The number of benzene rings is 1. The van der Waals surface area contributed by atoms with Gasteiger partial charge in [0, 0.05) is 38.1 Å². The Bertz CT molecular complexity index is 641. The maximum atomic E-state index is 12.7. The summed E-state index contributed by atoms with van der Waals surface area (Å²) in [4.78, 5) is 15.2. The van der Waals surface area contributed by atoms with Crippen molar-refractivity contribution in [2.45, 2.75) is 51.2 Å². The molecule has 1 amide bonds. The van der Waals surface area contributed by atoms with Crippen LogP contribution in [0.25, 0.3) is 0 Å². The number of rotatable bonds is 5. The summed E-state index contributed by atoms with van der Waals surface area (Å²) in [5.74, 6) is 1.46. The summed E-state index contributed by atoms with van der Waals surface area (Å²) in [5, 5.41) is 3.19. The zero-order valence-corrected chi connectivity index (χ0v) is 18.7. The molecule has 2 aliphatic carbocycles. The number of amides is 1. The van der Waals surface area contributed by atoms with Crippen LogP contribution in [0.1, 0.15) is 43.2 Å². The van der Waals surface area contributed by atoms with E-state index in [1.54, 1.807) is 0 Å². The SMILES string of the molecule is Cl.Cl.NC1C2CCCC1CC(C(=O)NCc1cccc(CN3CCOCC3)c1)C2. The van der Waals surface area contributed by atoms with Gasteiger partial charge >= 0.3 is 0 Å². The minimum Gasteiger partial charge on any atom is -0.379 e. The van der Waals surface area contributed by atoms with Crippen LogP contribution in [0.5, 0.6) is 0 Å². The van der Waals surface area contributed by atoms with Crippen molar-refractivity contribution in [3.8, 4) is 0 Å². The molecule has 2 saturated carbocycles. The first-order valence-corrected chi connectivity index (χ1v) is 10.6. The number of carbonyl (C=O) groups is 1. The van der Waals surface area contributed by atoms with Crippen molar-refractivity contribution >= 4 is 30.7 Å². The number of hydrogen-bond donors (Lipinski definition) is 2. The third-order valence-corrected chi connectivity index (χ3v) is 6.75. The predicted octanol–water partition coefficient (Wildman–Crippen LogP) is 3.13. The molecule has 3 aliphatic rings. The quantitative estimate of drug-likeness (QED) is 0.733. The lowest BCUT2D eigenvalue weighted by Crippen LogP contribution is -2.49. The molecule has 1 saturated heterocycles. The van der Waals surface area contributed by atoms with Gasteiger partial charge in [-0.05, 0) is 48.6 Å². The summed E-state index contributed by atoms with van der Waals surface area (Å²) in [5.41, 5.74) is 8.85. The molecule has 2 bridgehead atoms. The van der Waals surface area contributed by atoms with Crippen molar-refractivity contribution in [3.05, 3.63) is 35.4 Å². The standard InChI is InChI=1S/C22H33N3O2.2ClH/c23-21-18-5-2-6-19(21)13-20(12-18)22(26)24-14-16-3-1-4-17(11-16)15-25-7-9-27-10-8-25;;/h1,3-4,11,18-21H,2,5-10,12-15,23H2,(H,24,26);2*1H. The highest BCUT2D eigenvalue weighted by molar-refractivity contribution is 5.85. The van der Waals surface area contributed by atoms with Gasteiger partial charge in [-0.15, -0.1) is 24.8 Å². The van der Waals surface area contributed by atoms with Crippen molar-refractivity contribution in [1.82, 2.24) is 10.2 Å². The molecule has 5 nitrogen and oxygen atoms in total. The monoisotopic (exact) mass is 443 g/mol. The van der Waals surface area contributed by atoms with E-state index in [1.165, 1.54) is 30.4 Å². The van der Waals surface area contributed by atoms with E-state index >= 15 is 0 Å². The van der Waals surface area contributed by atoms with E-state index in [-0.39, 0.29) is 36.6 Å². The fourth-order valence-electron chi connectivity index (χ4n) is 5.19. The van der Waals surface area contributed by atoms with Crippen molar-refractivity contribution in [1.29, 1.82) is 0 Å². The molecule has 3 fully saturated rings. The van der Waals surface area contributed by atoms with Crippen LogP contribution in [0.3, 0.4) is 0 Å². The molecule has 0 aromatic heterocycles. The zero-order chi connectivity index (χ0) is 18.6. The molecular weight excluding hydrogens is 409 g/mol. The van der Waals surface area contributed by atoms with Crippen LogP contribution in [-0.2, 0) is 22.6 Å². The Morgan fingerprint density at radius 2 is 1.76 bits per heavy atom. The van der Waals surface area contributed by atoms with E-state index < -0.39 is 0 Å². The Hall–Kier alpha value is -0.850. The molecule has 2 atom stereocenters. The van der Waals surface area contributed by atoms with Gasteiger partial charge in [0.25, 0.3) is 0 Å². The van der Waals surface area contributed by atoms with E-state index in [4.69, 9.17) is 10.5 Å². The van der Waals surface area contributed by atoms with Crippen LogP contribution < -0.4 is 11.1 Å². The second-order valence-corrected chi connectivity index (χ2v) is 8.62. The summed E-state index contributed by atoms with van der Waals surface area (Å²) >= 11 is 0. The molecular formula is C22H35Cl2N3O2. The summed E-state index contributed by atoms with van der Waals surface area (Å²) in [6.07, 6.45) is 5.63. The second-order valence-electron chi connectivity index (χ2n) is 8.62. The second kappa shape index (κ2) is 11.5. The molecule has 164 valence electrons. The van der Waals surface area contributed by atoms with Gasteiger partial charge in [0.05, 0.1) is 13.2 Å². The first-order valence-electron chi connectivity index (χ1n) is 10.6. The molecule has 1 heterocycles. The van der Waals surface area contributed by atoms with E-state index in [1.807, 2.05) is 0 Å². The topological polar surface area (TPSA) is 67.6 Å². The number of nitrogens with zero attached hydrogens (tertiary/aromatic N) is 1. The minimum absolute atomic E-state index is 0. The molecule has 1 aromatic rings. The number of hydrogen-bond acceptors (Lipinski definition) is 4. The lowest BCUT2D eigenvalue weighted by molar-refractivity contribution is -0.128. The van der Waals surface area contributed by atoms with Crippen molar-refractivity contribution < 1.29 is 9.53 Å². The van der Waals surface area contributed by atoms with Gasteiger partial charge in [-0.2, -0.15) is 0 Å². The third-order valence-electron chi connectivity index (χ3n) is 6.75. The fourth-order valence-corrected chi connectivity index (χ4v) is 5.19. The number of nitrogens with one attached hydrogen (secondary N) is 1. The highest BCUT2D eigenvalue weighted by Gasteiger charge is 2.40. The Labute approximate surface area is 186 Å². The molecule has 3 N–H and O–H groups in total. The predicted molar refractivity (Wildman–Crippen MR) is 120 cm³/mol. The maximum absolute atomic E-state index is 12.7. The number of ether oxygens (including phenoxy) is 1. The van der Waals surface area contributed by atoms with Crippen LogP contribution in [-0.4, -0.2) is 43.2 Å². The van der Waals surface area contributed by atoms with Crippen LogP contribution in [0.2, 0.25) is 0 Å². The van der Waals surface area contributed by atoms with Crippen molar-refractivity contribution in [3.63, 3.8) is 0 Å². The molecule has 1 aromatic carbocycles. The van der Waals surface area contributed by atoms with Gasteiger partial charge in [-0.1, -0.05) is 30.7 Å². The Morgan fingerprint density at radius 1 is 1.10 bits per heavy atom. The average molecular weight is 444 g/mol. The number of halogens is 2. The number of morpholine rings is 1. The van der Waals surface area contributed by atoms with Crippen LogP contribution in [0, 0.1) is 17.8 Å². The van der Waals surface area contributed by atoms with Crippen LogP contribution >= 0.6 is 24.8 Å². The molecule has 0 spiro atoms. The average Bonchev–Trinajstić information content (AvgIpc) is 2.67. The lowest BCUT2D eigenvalue weighted by Gasteiger charge is -2.43. The largest absolute Gasteiger partial charge is 0.379 e. The highest BCUT2D eigenvalue weighted by atomic mass is 35.5. The van der Waals surface area contributed by atoms with Crippen molar-refractivity contribution in [2.75, 3.05) is 26.3 Å². The van der Waals surface area contributed by atoms with E-state index in [9.17, 15) is 4.79 Å². The first-order chi connectivity index (χ1) is 13.2. The van der Waals surface area contributed by atoms with Gasteiger partial charge in [0.15, 0.2) is 0 Å². The Morgan fingerprint density at radius 3 is 2.45 bits per heavy atom. The van der Waals surface area contributed by atoms with E-state index in [0.29, 0.717) is 24.4 Å². The van der Waals surface area contributed by atoms with Crippen LogP contribution in [0.15, 0.2) is 24.3 Å². The third kappa shape index (κ3) is 6.31. The smallest absolute Gasteiger partial charge is 0.223 e.